The summed E-state index contributed by atoms with van der Waals surface area (Å²) in [5.74, 6) is 2.36. The molecule has 66 valence electrons. The molecule has 11 heavy (non-hydrogen) atoms. The molecule has 1 unspecified atom stereocenters. The second-order valence-corrected chi connectivity index (χ2v) is 3.57. The van der Waals surface area contributed by atoms with Crippen molar-refractivity contribution in [2.45, 2.75) is 6.92 Å². The first-order chi connectivity index (χ1) is 5.18. The van der Waals surface area contributed by atoms with Crippen molar-refractivity contribution in [2.24, 2.45) is 11.7 Å². The molecule has 0 radical (unpaired) electrons. The zero-order chi connectivity index (χ0) is 8.69. The molecule has 0 aliphatic carbocycles. The van der Waals surface area contributed by atoms with Crippen LogP contribution in [-0.2, 0) is 4.74 Å². The van der Waals surface area contributed by atoms with E-state index in [-0.39, 0.29) is 11.8 Å². The molecule has 0 aliphatic heterocycles. The van der Waals surface area contributed by atoms with E-state index >= 15 is 0 Å². The second kappa shape index (κ2) is 6.49. The average molecular weight is 176 g/mol. The van der Waals surface area contributed by atoms with Crippen LogP contribution < -0.4 is 5.73 Å². The molecule has 0 rings (SSSR count). The van der Waals surface area contributed by atoms with Gasteiger partial charge in [0.15, 0.2) is 0 Å². The first kappa shape index (κ1) is 10.8. The van der Waals surface area contributed by atoms with Gasteiger partial charge in [-0.25, -0.2) is 0 Å². The molecule has 0 saturated carbocycles. The fraction of sp³-hybridized carbons (Fsp3) is 0.857. The molecule has 0 aliphatic rings. The minimum absolute atomic E-state index is 0.192. The second-order valence-electron chi connectivity index (χ2n) is 2.42. The zero-order valence-corrected chi connectivity index (χ0v) is 7.91. The summed E-state index contributed by atoms with van der Waals surface area (Å²) in [5.41, 5.74) is 5.29. The van der Waals surface area contributed by atoms with Gasteiger partial charge in [0, 0.05) is 24.5 Å². The Bertz CT molecular complexity index is 119. The van der Waals surface area contributed by atoms with Gasteiger partial charge in [0.2, 0.25) is 0 Å². The fourth-order valence-corrected chi connectivity index (χ4v) is 1.48. The first-order valence-corrected chi connectivity index (χ1v) is 4.74. The quantitative estimate of drug-likeness (QED) is 0.360. The molecule has 0 saturated heterocycles. The molecule has 0 aromatic carbocycles. The van der Waals surface area contributed by atoms with E-state index < -0.39 is 0 Å². The van der Waals surface area contributed by atoms with Gasteiger partial charge in [-0.15, -0.1) is 0 Å². The third kappa shape index (κ3) is 6.19. The molecule has 0 amide bonds. The van der Waals surface area contributed by atoms with Crippen molar-refractivity contribution < 1.29 is 4.74 Å². The summed E-state index contributed by atoms with van der Waals surface area (Å²) in [6.07, 6.45) is 0. The molecule has 1 atom stereocenters. The van der Waals surface area contributed by atoms with E-state index in [1.807, 2.05) is 6.92 Å². The molecular weight excluding hydrogens is 160 g/mol. The molecule has 0 aromatic heterocycles. The first-order valence-electron chi connectivity index (χ1n) is 3.59. The summed E-state index contributed by atoms with van der Waals surface area (Å²) >= 11 is 1.77. The van der Waals surface area contributed by atoms with Gasteiger partial charge in [0.25, 0.3) is 0 Å². The Kier molecular flexibility index (Phi) is 6.36. The Morgan fingerprint density at radius 1 is 1.73 bits per heavy atom. The number of nitrogens with two attached hydrogens (primary N) is 1. The highest BCUT2D eigenvalue weighted by atomic mass is 32.2. The number of ether oxygens (including phenoxy) is 1. The molecular formula is C7H16N2OS. The van der Waals surface area contributed by atoms with E-state index in [0.29, 0.717) is 0 Å². The fourth-order valence-electron chi connectivity index (χ4n) is 0.492. The highest BCUT2D eigenvalue weighted by Gasteiger charge is 2.03. The number of nitrogens with one attached hydrogen (secondary N) is 1. The summed E-state index contributed by atoms with van der Waals surface area (Å²) in [4.78, 5) is 0. The van der Waals surface area contributed by atoms with Crippen molar-refractivity contribution in [3.05, 3.63) is 0 Å². The van der Waals surface area contributed by atoms with Crippen LogP contribution in [0.25, 0.3) is 0 Å². The Hall–Kier alpha value is -0.220. The minimum atomic E-state index is 0.192. The van der Waals surface area contributed by atoms with Crippen LogP contribution in [0.5, 0.6) is 0 Å². The lowest BCUT2D eigenvalue weighted by molar-refractivity contribution is 0.218. The van der Waals surface area contributed by atoms with E-state index in [0.717, 1.165) is 18.1 Å². The molecule has 0 spiro atoms. The molecule has 0 aromatic rings. The van der Waals surface area contributed by atoms with Gasteiger partial charge in [-0.2, -0.15) is 11.8 Å². The topological polar surface area (TPSA) is 59.1 Å². The van der Waals surface area contributed by atoms with E-state index in [4.69, 9.17) is 15.9 Å². The lowest BCUT2D eigenvalue weighted by atomic mass is 10.2. The van der Waals surface area contributed by atoms with Crippen LogP contribution in [0, 0.1) is 11.3 Å². The van der Waals surface area contributed by atoms with E-state index in [2.05, 4.69) is 0 Å². The van der Waals surface area contributed by atoms with Crippen LogP contribution in [0.4, 0.5) is 0 Å². The lowest BCUT2D eigenvalue weighted by Crippen LogP contribution is -2.21. The van der Waals surface area contributed by atoms with Crippen LogP contribution >= 0.6 is 11.8 Å². The van der Waals surface area contributed by atoms with Crippen LogP contribution in [0.15, 0.2) is 0 Å². The SMILES string of the molecule is COCCSCC(C)C(=N)N. The standard InChI is InChI=1S/C7H16N2OS/c1-6(7(8)9)5-11-4-3-10-2/h6H,3-5H2,1-2H3,(H3,8,9). The third-order valence-corrected chi connectivity index (χ3v) is 2.52. The summed E-state index contributed by atoms with van der Waals surface area (Å²) in [5, 5.41) is 7.11. The summed E-state index contributed by atoms with van der Waals surface area (Å²) < 4.78 is 4.88. The van der Waals surface area contributed by atoms with Gasteiger partial charge in [0.05, 0.1) is 12.4 Å². The Morgan fingerprint density at radius 3 is 2.82 bits per heavy atom. The lowest BCUT2D eigenvalue weighted by Gasteiger charge is -2.07. The van der Waals surface area contributed by atoms with Gasteiger partial charge in [-0.05, 0) is 0 Å². The normalized spacial score (nSPS) is 12.9. The predicted molar refractivity (Wildman–Crippen MR) is 50.3 cm³/mol. The summed E-state index contributed by atoms with van der Waals surface area (Å²) in [6.45, 7) is 2.73. The maximum atomic E-state index is 7.11. The van der Waals surface area contributed by atoms with E-state index in [9.17, 15) is 0 Å². The van der Waals surface area contributed by atoms with Crippen molar-refractivity contribution >= 4 is 17.6 Å². The molecule has 4 heteroatoms. The third-order valence-electron chi connectivity index (χ3n) is 1.33. The minimum Gasteiger partial charge on any atom is -0.387 e. The number of hydrogen-bond donors (Lipinski definition) is 2. The zero-order valence-electron chi connectivity index (χ0n) is 7.09. The largest absolute Gasteiger partial charge is 0.387 e. The monoisotopic (exact) mass is 176 g/mol. The number of rotatable bonds is 6. The number of amidine groups is 1. The predicted octanol–water partition coefficient (Wildman–Crippen LogP) is 0.938. The Morgan fingerprint density at radius 2 is 2.36 bits per heavy atom. The van der Waals surface area contributed by atoms with E-state index in [1.165, 1.54) is 0 Å². The molecule has 0 bridgehead atoms. The maximum Gasteiger partial charge on any atom is 0.0942 e. The Balaban J connectivity index is 3.17. The maximum absolute atomic E-state index is 7.11. The van der Waals surface area contributed by atoms with Gasteiger partial charge in [0.1, 0.15) is 0 Å². The Labute approximate surface area is 72.2 Å². The van der Waals surface area contributed by atoms with Crippen LogP contribution in [0.2, 0.25) is 0 Å². The van der Waals surface area contributed by atoms with Gasteiger partial charge < -0.3 is 10.5 Å². The molecule has 3 nitrogen and oxygen atoms in total. The van der Waals surface area contributed by atoms with Gasteiger partial charge in [-0.1, -0.05) is 6.92 Å². The highest BCUT2D eigenvalue weighted by molar-refractivity contribution is 7.99. The average Bonchev–Trinajstić information content (AvgIpc) is 1.97. The van der Waals surface area contributed by atoms with Gasteiger partial charge in [-0.3, -0.25) is 5.41 Å². The smallest absolute Gasteiger partial charge is 0.0942 e. The molecule has 0 heterocycles. The number of hydrogen-bond acceptors (Lipinski definition) is 3. The molecule has 0 fully saturated rings. The summed E-state index contributed by atoms with van der Waals surface area (Å²) in [7, 11) is 1.69. The van der Waals surface area contributed by atoms with Crippen LogP contribution in [0.3, 0.4) is 0 Å². The number of methoxy groups -OCH3 is 1. The van der Waals surface area contributed by atoms with Crippen molar-refractivity contribution in [1.29, 1.82) is 5.41 Å². The van der Waals surface area contributed by atoms with Gasteiger partial charge >= 0.3 is 0 Å². The van der Waals surface area contributed by atoms with Crippen molar-refractivity contribution in [1.82, 2.24) is 0 Å². The van der Waals surface area contributed by atoms with E-state index in [1.54, 1.807) is 18.9 Å². The van der Waals surface area contributed by atoms with Crippen molar-refractivity contribution in [3.8, 4) is 0 Å². The van der Waals surface area contributed by atoms with Crippen LogP contribution in [0.1, 0.15) is 6.92 Å². The highest BCUT2D eigenvalue weighted by Crippen LogP contribution is 2.06. The van der Waals surface area contributed by atoms with Crippen molar-refractivity contribution in [2.75, 3.05) is 25.2 Å². The summed E-state index contributed by atoms with van der Waals surface area (Å²) in [6, 6.07) is 0. The van der Waals surface area contributed by atoms with Crippen LogP contribution in [-0.4, -0.2) is 31.1 Å². The number of thioether (sulfide) groups is 1. The van der Waals surface area contributed by atoms with Crippen molar-refractivity contribution in [3.63, 3.8) is 0 Å². The molecule has 3 N–H and O–H groups in total.